The van der Waals surface area contributed by atoms with Crippen molar-refractivity contribution < 1.29 is 19.1 Å². The zero-order chi connectivity index (χ0) is 20.7. The first-order valence-electron chi connectivity index (χ1n) is 9.83. The smallest absolute Gasteiger partial charge is 0.246 e. The third-order valence-electron chi connectivity index (χ3n) is 4.59. The minimum Gasteiger partial charge on any atom is -0.493 e. The van der Waals surface area contributed by atoms with Crippen LogP contribution in [-0.2, 0) is 9.59 Å². The Bertz CT molecular complexity index is 714. The number of nitrogens with zero attached hydrogens (tertiary/aromatic N) is 2. The van der Waals surface area contributed by atoms with Crippen LogP contribution in [0.4, 0.5) is 0 Å². The number of ether oxygens (including phenoxy) is 2. The van der Waals surface area contributed by atoms with Crippen LogP contribution in [0.15, 0.2) is 24.3 Å². The van der Waals surface area contributed by atoms with E-state index in [4.69, 9.17) is 9.47 Å². The number of methoxy groups -OCH3 is 1. The summed E-state index contributed by atoms with van der Waals surface area (Å²) in [5.41, 5.74) is 0.480. The lowest BCUT2D eigenvalue weighted by molar-refractivity contribution is -0.143. The van der Waals surface area contributed by atoms with Gasteiger partial charge in [-0.25, -0.2) is 0 Å². The number of rotatable bonds is 6. The van der Waals surface area contributed by atoms with Crippen molar-refractivity contribution >= 4 is 17.9 Å². The molecule has 1 heterocycles. The van der Waals surface area contributed by atoms with Gasteiger partial charge in [-0.1, -0.05) is 33.8 Å². The molecule has 1 aromatic rings. The molecule has 6 nitrogen and oxygen atoms in total. The molecular formula is C22H32N2O4. The largest absolute Gasteiger partial charge is 0.493 e. The van der Waals surface area contributed by atoms with Gasteiger partial charge in [-0.05, 0) is 30.2 Å². The third kappa shape index (κ3) is 5.75. The van der Waals surface area contributed by atoms with Gasteiger partial charge in [0.05, 0.1) is 13.7 Å². The van der Waals surface area contributed by atoms with E-state index in [0.717, 1.165) is 12.0 Å². The van der Waals surface area contributed by atoms with Gasteiger partial charge in [-0.3, -0.25) is 9.59 Å². The Morgan fingerprint density at radius 2 is 1.71 bits per heavy atom. The maximum Gasteiger partial charge on any atom is 0.246 e. The van der Waals surface area contributed by atoms with E-state index in [1.54, 1.807) is 24.2 Å². The fourth-order valence-corrected chi connectivity index (χ4v) is 3.00. The van der Waals surface area contributed by atoms with Crippen LogP contribution in [0.25, 0.3) is 6.08 Å². The SMILES string of the molecule is CCCOc1ccc(/C=C/C(=O)N2CCN(C(=O)C(C)(C)C)CC2)cc1OC. The fraction of sp³-hybridized carbons (Fsp3) is 0.545. The zero-order valence-electron chi connectivity index (χ0n) is 17.7. The number of hydrogen-bond acceptors (Lipinski definition) is 4. The zero-order valence-corrected chi connectivity index (χ0v) is 17.7. The normalized spacial score (nSPS) is 15.0. The number of carbonyl (C=O) groups excluding carboxylic acids is 2. The van der Waals surface area contributed by atoms with Gasteiger partial charge in [0.1, 0.15) is 0 Å². The molecule has 0 unspecified atom stereocenters. The van der Waals surface area contributed by atoms with Crippen LogP contribution in [0.2, 0.25) is 0 Å². The number of piperazine rings is 1. The summed E-state index contributed by atoms with van der Waals surface area (Å²) in [5, 5.41) is 0. The predicted molar refractivity (Wildman–Crippen MR) is 110 cm³/mol. The Morgan fingerprint density at radius 3 is 2.29 bits per heavy atom. The van der Waals surface area contributed by atoms with Gasteiger partial charge in [0.25, 0.3) is 0 Å². The van der Waals surface area contributed by atoms with Gasteiger partial charge in [0, 0.05) is 37.7 Å². The van der Waals surface area contributed by atoms with Crippen LogP contribution >= 0.6 is 0 Å². The number of carbonyl (C=O) groups is 2. The molecule has 6 heteroatoms. The second kappa shape index (κ2) is 9.62. The summed E-state index contributed by atoms with van der Waals surface area (Å²) < 4.78 is 11.0. The van der Waals surface area contributed by atoms with Gasteiger partial charge in [0.15, 0.2) is 11.5 Å². The fourth-order valence-electron chi connectivity index (χ4n) is 3.00. The topological polar surface area (TPSA) is 59.1 Å². The molecule has 0 radical (unpaired) electrons. The molecule has 1 saturated heterocycles. The molecule has 1 aliphatic heterocycles. The molecule has 0 bridgehead atoms. The predicted octanol–water partition coefficient (Wildman–Crippen LogP) is 3.21. The highest BCUT2D eigenvalue weighted by Gasteiger charge is 2.30. The molecule has 154 valence electrons. The van der Waals surface area contributed by atoms with Crippen molar-refractivity contribution in [3.8, 4) is 11.5 Å². The van der Waals surface area contributed by atoms with Gasteiger partial charge < -0.3 is 19.3 Å². The molecular weight excluding hydrogens is 356 g/mol. The minimum absolute atomic E-state index is 0.0480. The lowest BCUT2D eigenvalue weighted by Crippen LogP contribution is -2.52. The molecule has 0 spiro atoms. The van der Waals surface area contributed by atoms with Crippen molar-refractivity contribution in [3.63, 3.8) is 0 Å². The van der Waals surface area contributed by atoms with Crippen LogP contribution in [0.1, 0.15) is 39.7 Å². The quantitative estimate of drug-likeness (QED) is 0.702. The number of benzene rings is 1. The summed E-state index contributed by atoms with van der Waals surface area (Å²) in [5.74, 6) is 1.44. The summed E-state index contributed by atoms with van der Waals surface area (Å²) in [6, 6.07) is 5.61. The van der Waals surface area contributed by atoms with Crippen LogP contribution in [0, 0.1) is 5.41 Å². The summed E-state index contributed by atoms with van der Waals surface area (Å²) >= 11 is 0. The summed E-state index contributed by atoms with van der Waals surface area (Å²) in [4.78, 5) is 28.5. The second-order valence-corrected chi connectivity index (χ2v) is 7.96. The van der Waals surface area contributed by atoms with E-state index in [1.165, 1.54) is 0 Å². The van der Waals surface area contributed by atoms with Crippen LogP contribution in [0.3, 0.4) is 0 Å². The molecule has 28 heavy (non-hydrogen) atoms. The van der Waals surface area contributed by atoms with E-state index >= 15 is 0 Å². The van der Waals surface area contributed by atoms with E-state index in [9.17, 15) is 9.59 Å². The van der Waals surface area contributed by atoms with Crippen molar-refractivity contribution in [1.82, 2.24) is 9.80 Å². The van der Waals surface area contributed by atoms with Gasteiger partial charge in [-0.2, -0.15) is 0 Å². The molecule has 2 amide bonds. The average molecular weight is 389 g/mol. The molecule has 0 N–H and O–H groups in total. The van der Waals surface area contributed by atoms with E-state index in [2.05, 4.69) is 0 Å². The highest BCUT2D eigenvalue weighted by atomic mass is 16.5. The van der Waals surface area contributed by atoms with Gasteiger partial charge >= 0.3 is 0 Å². The van der Waals surface area contributed by atoms with E-state index in [-0.39, 0.29) is 11.8 Å². The Balaban J connectivity index is 1.94. The maximum atomic E-state index is 12.5. The van der Waals surface area contributed by atoms with Crippen molar-refractivity contribution in [2.45, 2.75) is 34.1 Å². The van der Waals surface area contributed by atoms with Gasteiger partial charge in [0.2, 0.25) is 11.8 Å². The average Bonchev–Trinajstić information content (AvgIpc) is 2.69. The van der Waals surface area contributed by atoms with Crippen molar-refractivity contribution in [2.75, 3.05) is 39.9 Å². The lowest BCUT2D eigenvalue weighted by Gasteiger charge is -2.37. The highest BCUT2D eigenvalue weighted by Crippen LogP contribution is 2.28. The summed E-state index contributed by atoms with van der Waals surface area (Å²) in [7, 11) is 1.60. The molecule has 0 atom stereocenters. The first-order valence-corrected chi connectivity index (χ1v) is 9.83. The minimum atomic E-state index is -0.391. The first-order chi connectivity index (χ1) is 13.3. The summed E-state index contributed by atoms with van der Waals surface area (Å²) in [6.45, 7) is 10.7. The third-order valence-corrected chi connectivity index (χ3v) is 4.59. The molecule has 0 aliphatic carbocycles. The molecule has 2 rings (SSSR count). The standard InChI is InChI=1S/C22H32N2O4/c1-6-15-28-18-9-7-17(16-19(18)27-5)8-10-20(25)23-11-13-24(14-12-23)21(26)22(2,3)4/h7-10,16H,6,11-15H2,1-5H3/b10-8+. The summed E-state index contributed by atoms with van der Waals surface area (Å²) in [6.07, 6.45) is 4.28. The lowest BCUT2D eigenvalue weighted by atomic mass is 9.94. The maximum absolute atomic E-state index is 12.5. The molecule has 0 aromatic heterocycles. The molecule has 1 fully saturated rings. The molecule has 1 aliphatic rings. The van der Waals surface area contributed by atoms with E-state index in [1.807, 2.05) is 50.8 Å². The molecule has 0 saturated carbocycles. The van der Waals surface area contributed by atoms with Crippen LogP contribution < -0.4 is 9.47 Å². The van der Waals surface area contributed by atoms with Crippen LogP contribution in [-0.4, -0.2) is 61.5 Å². The Hall–Kier alpha value is -2.50. The number of hydrogen-bond donors (Lipinski definition) is 0. The monoisotopic (exact) mass is 388 g/mol. The second-order valence-electron chi connectivity index (χ2n) is 7.96. The van der Waals surface area contributed by atoms with E-state index < -0.39 is 5.41 Å². The van der Waals surface area contributed by atoms with Crippen molar-refractivity contribution in [3.05, 3.63) is 29.8 Å². The van der Waals surface area contributed by atoms with Crippen LogP contribution in [0.5, 0.6) is 11.5 Å². The van der Waals surface area contributed by atoms with Crippen molar-refractivity contribution in [1.29, 1.82) is 0 Å². The highest BCUT2D eigenvalue weighted by molar-refractivity contribution is 5.92. The first kappa shape index (κ1) is 21.8. The Labute approximate surface area is 168 Å². The Morgan fingerprint density at radius 1 is 1.07 bits per heavy atom. The van der Waals surface area contributed by atoms with Gasteiger partial charge in [-0.15, -0.1) is 0 Å². The Kier molecular flexibility index (Phi) is 7.49. The number of amides is 2. The molecule has 1 aromatic carbocycles. The van der Waals surface area contributed by atoms with E-state index in [0.29, 0.717) is 44.3 Å². The van der Waals surface area contributed by atoms with Crippen molar-refractivity contribution in [2.24, 2.45) is 5.41 Å².